The summed E-state index contributed by atoms with van der Waals surface area (Å²) in [6.07, 6.45) is 0.281. The van der Waals surface area contributed by atoms with Crippen molar-refractivity contribution in [2.24, 2.45) is 5.92 Å². The number of likely N-dealkylation sites (tertiary alicyclic amines) is 1. The third kappa shape index (κ3) is 3.65. The van der Waals surface area contributed by atoms with Crippen LogP contribution in [0.15, 0.2) is 0 Å². The van der Waals surface area contributed by atoms with Gasteiger partial charge in [0.2, 0.25) is 15.0 Å². The number of amides is 1. The second kappa shape index (κ2) is 3.94. The fourth-order valence-electron chi connectivity index (χ4n) is 1.82. The number of nitrogens with zero attached hydrogens (tertiary/aromatic N) is 1. The second-order valence-electron chi connectivity index (χ2n) is 4.95. The number of carbonyl (C=O) groups excluding carboxylic acids is 1. The van der Waals surface area contributed by atoms with E-state index in [-0.39, 0.29) is 29.5 Å². The molecule has 1 rings (SSSR count). The minimum atomic E-state index is -3.51. The molecule has 1 amide bonds. The van der Waals surface area contributed by atoms with Crippen molar-refractivity contribution in [3.05, 3.63) is 0 Å². The maximum Gasteiger partial charge on any atom is 0.232 e. The zero-order chi connectivity index (χ0) is 11.9. The summed E-state index contributed by atoms with van der Waals surface area (Å²) in [5, 5.41) is 0. The highest BCUT2D eigenvalue weighted by Gasteiger charge is 2.37. The zero-order valence-corrected chi connectivity index (χ0v) is 10.7. The van der Waals surface area contributed by atoms with Crippen LogP contribution in [0.2, 0.25) is 0 Å². The molecule has 0 saturated carbocycles. The molecule has 0 aromatic rings. The van der Waals surface area contributed by atoms with Gasteiger partial charge in [-0.15, -0.1) is 0 Å². The van der Waals surface area contributed by atoms with Crippen molar-refractivity contribution in [3.8, 4) is 0 Å². The van der Waals surface area contributed by atoms with Gasteiger partial charge in [0.1, 0.15) is 0 Å². The van der Waals surface area contributed by atoms with E-state index in [4.69, 9.17) is 10.7 Å². The minimum absolute atomic E-state index is 0.00724. The van der Waals surface area contributed by atoms with E-state index >= 15 is 0 Å². The Kier molecular flexibility index (Phi) is 3.36. The van der Waals surface area contributed by atoms with E-state index in [1.807, 2.05) is 20.8 Å². The first-order chi connectivity index (χ1) is 6.59. The van der Waals surface area contributed by atoms with Crippen molar-refractivity contribution in [1.82, 2.24) is 4.90 Å². The molecule has 6 heteroatoms. The van der Waals surface area contributed by atoms with Gasteiger partial charge in [-0.2, -0.15) is 0 Å². The van der Waals surface area contributed by atoms with Crippen LogP contribution in [0.1, 0.15) is 27.2 Å². The first-order valence-corrected chi connectivity index (χ1v) is 7.30. The monoisotopic (exact) mass is 253 g/mol. The van der Waals surface area contributed by atoms with E-state index in [0.717, 1.165) is 0 Å². The number of carbonyl (C=O) groups is 1. The van der Waals surface area contributed by atoms with Gasteiger partial charge in [0, 0.05) is 35.1 Å². The van der Waals surface area contributed by atoms with Gasteiger partial charge in [-0.25, -0.2) is 8.42 Å². The van der Waals surface area contributed by atoms with Crippen LogP contribution in [0.25, 0.3) is 0 Å². The van der Waals surface area contributed by atoms with Crippen molar-refractivity contribution >= 4 is 25.6 Å². The SMILES string of the molecule is CC(C)(C)N1CC(CS(=O)(=O)Cl)CC1=O. The van der Waals surface area contributed by atoms with Gasteiger partial charge in [-0.1, -0.05) is 0 Å². The van der Waals surface area contributed by atoms with Crippen LogP contribution in [0.5, 0.6) is 0 Å². The highest BCUT2D eigenvalue weighted by molar-refractivity contribution is 8.13. The zero-order valence-electron chi connectivity index (χ0n) is 9.16. The predicted molar refractivity (Wildman–Crippen MR) is 59.2 cm³/mol. The molecule has 0 aliphatic carbocycles. The van der Waals surface area contributed by atoms with E-state index in [2.05, 4.69) is 0 Å². The molecule has 1 aliphatic rings. The molecule has 0 aromatic heterocycles. The predicted octanol–water partition coefficient (Wildman–Crippen LogP) is 1.20. The van der Waals surface area contributed by atoms with Gasteiger partial charge in [-0.05, 0) is 20.8 Å². The Morgan fingerprint density at radius 2 is 2.00 bits per heavy atom. The van der Waals surface area contributed by atoms with E-state index in [9.17, 15) is 13.2 Å². The van der Waals surface area contributed by atoms with E-state index in [1.165, 1.54) is 0 Å². The molecular weight excluding hydrogens is 238 g/mol. The van der Waals surface area contributed by atoms with Gasteiger partial charge in [-0.3, -0.25) is 4.79 Å². The molecule has 1 unspecified atom stereocenters. The van der Waals surface area contributed by atoms with Crippen molar-refractivity contribution in [2.75, 3.05) is 12.3 Å². The summed E-state index contributed by atoms with van der Waals surface area (Å²) in [4.78, 5) is 13.3. The standard InChI is InChI=1S/C9H16ClNO3S/c1-9(2,3)11-5-7(4-8(11)12)6-15(10,13)14/h7H,4-6H2,1-3H3. The molecule has 1 saturated heterocycles. The molecule has 88 valence electrons. The molecule has 0 bridgehead atoms. The van der Waals surface area contributed by atoms with Crippen molar-refractivity contribution < 1.29 is 13.2 Å². The number of halogens is 1. The fourth-order valence-corrected chi connectivity index (χ4v) is 3.14. The molecule has 1 heterocycles. The van der Waals surface area contributed by atoms with Crippen LogP contribution < -0.4 is 0 Å². The molecule has 4 nitrogen and oxygen atoms in total. The summed E-state index contributed by atoms with van der Waals surface area (Å²) in [6, 6.07) is 0. The second-order valence-corrected chi connectivity index (χ2v) is 7.77. The summed E-state index contributed by atoms with van der Waals surface area (Å²) in [7, 11) is 1.66. The summed E-state index contributed by atoms with van der Waals surface area (Å²) >= 11 is 0. The number of rotatable bonds is 2. The van der Waals surface area contributed by atoms with Crippen LogP contribution in [-0.2, 0) is 13.8 Å². The van der Waals surface area contributed by atoms with Crippen molar-refractivity contribution in [3.63, 3.8) is 0 Å². The topological polar surface area (TPSA) is 54.5 Å². The Balaban J connectivity index is 2.69. The normalized spacial score (nSPS) is 23.6. The van der Waals surface area contributed by atoms with E-state index in [1.54, 1.807) is 4.90 Å². The lowest BCUT2D eigenvalue weighted by atomic mass is 10.1. The highest BCUT2D eigenvalue weighted by Crippen LogP contribution is 2.27. The van der Waals surface area contributed by atoms with Crippen LogP contribution in [-0.4, -0.2) is 37.1 Å². The van der Waals surface area contributed by atoms with Crippen LogP contribution >= 0.6 is 10.7 Å². The van der Waals surface area contributed by atoms with Gasteiger partial charge in [0.05, 0.1) is 5.75 Å². The Morgan fingerprint density at radius 1 is 1.47 bits per heavy atom. The average Bonchev–Trinajstić information content (AvgIpc) is 2.25. The molecule has 1 aliphatic heterocycles. The van der Waals surface area contributed by atoms with Crippen LogP contribution in [0, 0.1) is 5.92 Å². The molecule has 1 atom stereocenters. The maximum atomic E-state index is 11.6. The van der Waals surface area contributed by atoms with Crippen LogP contribution in [0.3, 0.4) is 0 Å². The largest absolute Gasteiger partial charge is 0.338 e. The Morgan fingerprint density at radius 3 is 2.33 bits per heavy atom. The average molecular weight is 254 g/mol. The third-order valence-electron chi connectivity index (χ3n) is 2.45. The number of hydrogen-bond donors (Lipinski definition) is 0. The van der Waals surface area contributed by atoms with Crippen molar-refractivity contribution in [2.45, 2.75) is 32.7 Å². The van der Waals surface area contributed by atoms with Crippen LogP contribution in [0.4, 0.5) is 0 Å². The number of hydrogen-bond acceptors (Lipinski definition) is 3. The molecule has 15 heavy (non-hydrogen) atoms. The quantitative estimate of drug-likeness (QED) is 0.695. The van der Waals surface area contributed by atoms with Gasteiger partial charge >= 0.3 is 0 Å². The lowest BCUT2D eigenvalue weighted by Gasteiger charge is -2.32. The molecule has 0 spiro atoms. The Hall–Kier alpha value is -0.290. The summed E-state index contributed by atoms with van der Waals surface area (Å²) < 4.78 is 21.8. The fraction of sp³-hybridized carbons (Fsp3) is 0.889. The molecule has 1 fully saturated rings. The van der Waals surface area contributed by atoms with E-state index < -0.39 is 9.05 Å². The first kappa shape index (κ1) is 12.8. The summed E-state index contributed by atoms with van der Waals surface area (Å²) in [5.74, 6) is -0.278. The van der Waals surface area contributed by atoms with E-state index in [0.29, 0.717) is 6.54 Å². The lowest BCUT2D eigenvalue weighted by molar-refractivity contribution is -0.131. The maximum absolute atomic E-state index is 11.6. The Bertz CT molecular complexity index is 358. The molecular formula is C9H16ClNO3S. The van der Waals surface area contributed by atoms with Crippen molar-refractivity contribution in [1.29, 1.82) is 0 Å². The Labute approximate surface area is 95.0 Å². The molecule has 0 aromatic carbocycles. The minimum Gasteiger partial charge on any atom is -0.338 e. The smallest absolute Gasteiger partial charge is 0.232 e. The molecule has 0 radical (unpaired) electrons. The van der Waals surface area contributed by atoms with Gasteiger partial charge in [0.25, 0.3) is 0 Å². The highest BCUT2D eigenvalue weighted by atomic mass is 35.7. The molecule has 0 N–H and O–H groups in total. The third-order valence-corrected chi connectivity index (χ3v) is 3.70. The van der Waals surface area contributed by atoms with Gasteiger partial charge < -0.3 is 4.90 Å². The summed E-state index contributed by atoms with van der Waals surface area (Å²) in [5.41, 5.74) is -0.248. The van der Waals surface area contributed by atoms with Gasteiger partial charge in [0.15, 0.2) is 0 Å². The first-order valence-electron chi connectivity index (χ1n) is 4.82. The summed E-state index contributed by atoms with van der Waals surface area (Å²) in [6.45, 7) is 6.28. The lowest BCUT2D eigenvalue weighted by Crippen LogP contribution is -2.42.